The zero-order valence-corrected chi connectivity index (χ0v) is 20.9. The number of hydrogen-bond donors (Lipinski definition) is 0. The molecule has 9 nitrogen and oxygen atoms in total. The normalized spacial score (nSPS) is 14.3. The molecule has 0 saturated carbocycles. The minimum absolute atomic E-state index is 0.785. The summed E-state index contributed by atoms with van der Waals surface area (Å²) in [7, 11) is 3.58. The van der Waals surface area contributed by atoms with Crippen molar-refractivity contribution in [1.29, 1.82) is 0 Å². The predicted molar refractivity (Wildman–Crippen MR) is 143 cm³/mol. The molecule has 0 atom stereocenters. The van der Waals surface area contributed by atoms with Crippen LogP contribution in [0.4, 0.5) is 5.82 Å². The quantitative estimate of drug-likeness (QED) is 0.354. The van der Waals surface area contributed by atoms with E-state index in [2.05, 4.69) is 54.1 Å². The second-order valence-electron chi connectivity index (χ2n) is 9.24. The molecule has 6 rings (SSSR count). The second kappa shape index (κ2) is 9.94. The van der Waals surface area contributed by atoms with E-state index in [-0.39, 0.29) is 0 Å². The zero-order chi connectivity index (χ0) is 25.2. The van der Waals surface area contributed by atoms with E-state index in [1.54, 1.807) is 19.6 Å². The smallest absolute Gasteiger partial charge is 0.137 e. The van der Waals surface area contributed by atoms with Gasteiger partial charge in [-0.25, -0.2) is 15.0 Å². The number of piperazine rings is 1. The molecule has 0 unspecified atom stereocenters. The predicted octanol–water partition coefficient (Wildman–Crippen LogP) is 3.82. The van der Waals surface area contributed by atoms with Crippen LogP contribution in [0.1, 0.15) is 5.69 Å². The minimum atomic E-state index is 0.785. The highest BCUT2D eigenvalue weighted by Gasteiger charge is 2.19. The number of fused-ring (bicyclic) bond motifs is 1. The van der Waals surface area contributed by atoms with Gasteiger partial charge >= 0.3 is 0 Å². The van der Waals surface area contributed by atoms with E-state index in [4.69, 9.17) is 9.72 Å². The van der Waals surface area contributed by atoms with Crippen LogP contribution in [0, 0.1) is 0 Å². The van der Waals surface area contributed by atoms with Crippen molar-refractivity contribution in [2.24, 2.45) is 7.05 Å². The molecule has 5 heterocycles. The topological polar surface area (TPSA) is 85.1 Å². The molecule has 1 fully saturated rings. The van der Waals surface area contributed by atoms with Crippen LogP contribution >= 0.6 is 0 Å². The maximum Gasteiger partial charge on any atom is 0.137 e. The van der Waals surface area contributed by atoms with Gasteiger partial charge in [0.05, 0.1) is 30.7 Å². The van der Waals surface area contributed by atoms with E-state index < -0.39 is 0 Å². The van der Waals surface area contributed by atoms with Crippen molar-refractivity contribution in [1.82, 2.24) is 34.6 Å². The summed E-state index contributed by atoms with van der Waals surface area (Å²) < 4.78 is 7.02. The molecule has 0 radical (unpaired) electrons. The lowest BCUT2D eigenvalue weighted by Crippen LogP contribution is -2.46. The molecule has 1 aliphatic rings. The molecule has 1 aliphatic heterocycles. The summed E-state index contributed by atoms with van der Waals surface area (Å²) in [6.45, 7) is 4.62. The second-order valence-corrected chi connectivity index (χ2v) is 9.24. The van der Waals surface area contributed by atoms with Crippen molar-refractivity contribution in [3.05, 3.63) is 79.4 Å². The molecule has 0 bridgehead atoms. The number of aryl methyl sites for hydroxylation is 1. The Balaban J connectivity index is 1.18. The highest BCUT2D eigenvalue weighted by molar-refractivity contribution is 5.97. The van der Waals surface area contributed by atoms with Gasteiger partial charge in [-0.05, 0) is 47.5 Å². The molecule has 0 N–H and O–H groups in total. The lowest BCUT2D eigenvalue weighted by Gasteiger charge is -2.35. The van der Waals surface area contributed by atoms with E-state index in [1.807, 2.05) is 48.6 Å². The Morgan fingerprint density at radius 1 is 0.838 bits per heavy atom. The molecule has 0 spiro atoms. The number of methoxy groups -OCH3 is 1. The SMILES string of the molecule is COc1ccc(CN2CCN(c3ccc(-c4cc(-c5cnn(C)c5)cc5ncncc45)cn3)CC2)nc1. The van der Waals surface area contributed by atoms with Crippen LogP contribution in [0.5, 0.6) is 5.75 Å². The van der Waals surface area contributed by atoms with E-state index >= 15 is 0 Å². The Morgan fingerprint density at radius 3 is 2.43 bits per heavy atom. The van der Waals surface area contributed by atoms with Crippen LogP contribution in [0.25, 0.3) is 33.2 Å². The summed E-state index contributed by atoms with van der Waals surface area (Å²) in [5, 5.41) is 5.33. The average Bonchev–Trinajstić information content (AvgIpc) is 3.40. The van der Waals surface area contributed by atoms with Gasteiger partial charge in [-0.15, -0.1) is 0 Å². The summed E-state index contributed by atoms with van der Waals surface area (Å²) in [5.41, 5.74) is 6.18. The van der Waals surface area contributed by atoms with Gasteiger partial charge in [-0.1, -0.05) is 0 Å². The molecule has 186 valence electrons. The van der Waals surface area contributed by atoms with Crippen molar-refractivity contribution in [3.8, 4) is 28.0 Å². The summed E-state index contributed by atoms with van der Waals surface area (Å²) in [5.74, 6) is 1.78. The van der Waals surface area contributed by atoms with Gasteiger partial charge in [0.25, 0.3) is 0 Å². The van der Waals surface area contributed by atoms with E-state index in [1.165, 1.54) is 0 Å². The van der Waals surface area contributed by atoms with E-state index in [0.717, 1.165) is 83.1 Å². The van der Waals surface area contributed by atoms with Crippen LogP contribution in [0.3, 0.4) is 0 Å². The number of pyridine rings is 2. The van der Waals surface area contributed by atoms with E-state index in [9.17, 15) is 0 Å². The molecule has 9 heteroatoms. The molecule has 37 heavy (non-hydrogen) atoms. The third-order valence-electron chi connectivity index (χ3n) is 6.84. The van der Waals surface area contributed by atoms with Gasteiger partial charge < -0.3 is 9.64 Å². The number of anilines is 1. The zero-order valence-electron chi connectivity index (χ0n) is 20.9. The number of ether oxygens (including phenoxy) is 1. The lowest BCUT2D eigenvalue weighted by atomic mass is 9.97. The molecule has 1 saturated heterocycles. The molecule has 4 aromatic heterocycles. The van der Waals surface area contributed by atoms with Crippen LogP contribution in [0.2, 0.25) is 0 Å². The Kier molecular flexibility index (Phi) is 6.20. The third-order valence-corrected chi connectivity index (χ3v) is 6.84. The standard InChI is InChI=1S/C28H28N8O/c1-34-17-22(14-33-34)21-11-25(26-16-29-19-32-27(26)12-21)20-3-6-28(31-13-20)36-9-7-35(8-10-36)18-23-4-5-24(37-2)15-30-23/h3-6,11-17,19H,7-10,18H2,1-2H3. The first kappa shape index (κ1) is 23.1. The lowest BCUT2D eigenvalue weighted by molar-refractivity contribution is 0.246. The summed E-state index contributed by atoms with van der Waals surface area (Å²) >= 11 is 0. The molecular formula is C28H28N8O. The highest BCUT2D eigenvalue weighted by atomic mass is 16.5. The van der Waals surface area contributed by atoms with Gasteiger partial charge in [0.1, 0.15) is 17.9 Å². The third kappa shape index (κ3) is 4.85. The van der Waals surface area contributed by atoms with Crippen molar-refractivity contribution in [3.63, 3.8) is 0 Å². The van der Waals surface area contributed by atoms with Gasteiger partial charge in [0, 0.05) is 74.9 Å². The summed E-state index contributed by atoms with van der Waals surface area (Å²) in [4.78, 5) is 22.9. The van der Waals surface area contributed by atoms with Crippen LogP contribution in [0.15, 0.2) is 73.7 Å². The first-order valence-electron chi connectivity index (χ1n) is 12.3. The highest BCUT2D eigenvalue weighted by Crippen LogP contribution is 2.33. The van der Waals surface area contributed by atoms with Crippen LogP contribution < -0.4 is 9.64 Å². The van der Waals surface area contributed by atoms with Crippen molar-refractivity contribution in [2.75, 3.05) is 38.2 Å². The fourth-order valence-corrected chi connectivity index (χ4v) is 4.78. The molecule has 5 aromatic rings. The van der Waals surface area contributed by atoms with Gasteiger partial charge in [-0.3, -0.25) is 14.6 Å². The van der Waals surface area contributed by atoms with Crippen molar-refractivity contribution < 1.29 is 4.74 Å². The van der Waals surface area contributed by atoms with Crippen molar-refractivity contribution in [2.45, 2.75) is 6.54 Å². The Labute approximate surface area is 215 Å². The molecular weight excluding hydrogens is 464 g/mol. The van der Waals surface area contributed by atoms with E-state index in [0.29, 0.717) is 0 Å². The van der Waals surface area contributed by atoms with Gasteiger partial charge in [-0.2, -0.15) is 5.10 Å². The maximum atomic E-state index is 5.21. The van der Waals surface area contributed by atoms with Crippen LogP contribution in [-0.2, 0) is 13.6 Å². The number of hydrogen-bond acceptors (Lipinski definition) is 8. The molecule has 0 aliphatic carbocycles. The number of benzene rings is 1. The first-order chi connectivity index (χ1) is 18.2. The van der Waals surface area contributed by atoms with Gasteiger partial charge in [0.15, 0.2) is 0 Å². The van der Waals surface area contributed by atoms with Crippen molar-refractivity contribution >= 4 is 16.7 Å². The fourth-order valence-electron chi connectivity index (χ4n) is 4.78. The number of aromatic nitrogens is 6. The summed E-state index contributed by atoms with van der Waals surface area (Å²) in [6, 6.07) is 12.5. The Hall–Kier alpha value is -4.37. The number of nitrogens with zero attached hydrogens (tertiary/aromatic N) is 8. The Bertz CT molecular complexity index is 1510. The Morgan fingerprint density at radius 2 is 1.73 bits per heavy atom. The van der Waals surface area contributed by atoms with Gasteiger partial charge in [0.2, 0.25) is 0 Å². The average molecular weight is 493 g/mol. The molecule has 0 amide bonds. The minimum Gasteiger partial charge on any atom is -0.495 e. The molecule has 1 aromatic carbocycles. The largest absolute Gasteiger partial charge is 0.495 e. The monoisotopic (exact) mass is 492 g/mol. The van der Waals surface area contributed by atoms with Crippen LogP contribution in [-0.4, -0.2) is 67.9 Å². The maximum absolute atomic E-state index is 5.21. The summed E-state index contributed by atoms with van der Waals surface area (Å²) in [6.07, 6.45) is 11.1. The fraction of sp³-hybridized carbons (Fsp3) is 0.250. The first-order valence-corrected chi connectivity index (χ1v) is 12.3. The number of rotatable bonds is 6.